The van der Waals surface area contributed by atoms with Crippen LogP contribution in [0, 0.1) is 28.6 Å². The molecule has 260 valence electrons. The Labute approximate surface area is 284 Å². The first-order valence-corrected chi connectivity index (χ1v) is 18.7. The lowest BCUT2D eigenvalue weighted by Crippen LogP contribution is -2.60. The molecule has 0 unspecified atom stereocenters. The molecule has 4 heterocycles. The molecule has 1 aromatic rings. The summed E-state index contributed by atoms with van der Waals surface area (Å²) in [6.45, 7) is 13.5. The summed E-state index contributed by atoms with van der Waals surface area (Å²) in [6.07, 6.45) is 10.1. The first-order chi connectivity index (χ1) is 23.0. The number of Topliss-reactive ketones (excluding diaryl/α,β-unsaturated/α-hetero) is 1. The molecule has 48 heavy (non-hydrogen) atoms. The van der Waals surface area contributed by atoms with Crippen molar-refractivity contribution in [1.29, 1.82) is 0 Å². The summed E-state index contributed by atoms with van der Waals surface area (Å²) in [5.74, 6) is 2.56. The number of hydrogen-bond acceptors (Lipinski definition) is 9. The number of allylic oxidation sites excluding steroid dienone is 4. The number of carbonyl (C=O) groups excluding carboxylic acids is 2. The summed E-state index contributed by atoms with van der Waals surface area (Å²) in [7, 11) is 0. The van der Waals surface area contributed by atoms with Crippen LogP contribution in [0.25, 0.3) is 0 Å². The Morgan fingerprint density at radius 1 is 0.917 bits per heavy atom. The molecule has 1 aromatic heterocycles. The maximum absolute atomic E-state index is 15.8. The zero-order valence-corrected chi connectivity index (χ0v) is 29.1. The zero-order chi connectivity index (χ0) is 33.4. The van der Waals surface area contributed by atoms with Crippen LogP contribution >= 0.6 is 0 Å². The minimum Gasteiger partial charge on any atom is -0.381 e. The van der Waals surface area contributed by atoms with Crippen LogP contribution in [0.2, 0.25) is 0 Å². The average Bonchev–Trinajstić information content (AvgIpc) is 3.85. The average molecular weight is 661 g/mol. The first kappa shape index (κ1) is 32.4. The van der Waals surface area contributed by atoms with Crippen LogP contribution in [0.1, 0.15) is 78.6 Å². The van der Waals surface area contributed by atoms with E-state index in [-0.39, 0.29) is 35.9 Å². The van der Waals surface area contributed by atoms with Crippen molar-refractivity contribution >= 4 is 29.2 Å². The lowest BCUT2D eigenvalue weighted by atomic mass is 9.50. The standard InChI is InChI=1S/C38H53FN6O3/c1-25-20-29-27-22-31(39)30-21-26(46)8-10-36(30,2)28(27)9-11-37(29,3)38(25,48)32(47)24-42-16-18-44(19-17-42)34-23-33(43-12-4-5-13-43)40-35(41-34)45-14-6-7-15-45/h9,21,23,25,27,29,31,48H,4-8,10-20,22,24H2,1-3H3/t25-,27-,29+,31+,36-,37+,38+/m1/s1. The van der Waals surface area contributed by atoms with E-state index in [0.717, 1.165) is 69.9 Å². The van der Waals surface area contributed by atoms with Gasteiger partial charge < -0.3 is 19.8 Å². The van der Waals surface area contributed by atoms with Crippen molar-refractivity contribution in [2.75, 3.05) is 73.6 Å². The summed E-state index contributed by atoms with van der Waals surface area (Å²) in [6, 6.07) is 2.15. The highest BCUT2D eigenvalue weighted by molar-refractivity contribution is 5.92. The Morgan fingerprint density at radius 2 is 1.54 bits per heavy atom. The molecule has 0 bridgehead atoms. The molecule has 7 atom stereocenters. The van der Waals surface area contributed by atoms with Crippen molar-refractivity contribution < 1.29 is 19.1 Å². The highest BCUT2D eigenvalue weighted by atomic mass is 19.1. The molecule has 5 fully saturated rings. The van der Waals surface area contributed by atoms with Crippen LogP contribution in [0.4, 0.5) is 22.0 Å². The second-order valence-corrected chi connectivity index (χ2v) is 16.5. The number of ketones is 2. The molecular weight excluding hydrogens is 607 g/mol. The van der Waals surface area contributed by atoms with Gasteiger partial charge in [-0.05, 0) is 80.8 Å². The Bertz CT molecular complexity index is 1490. The number of alkyl halides is 1. The van der Waals surface area contributed by atoms with Crippen molar-refractivity contribution in [3.8, 4) is 0 Å². The van der Waals surface area contributed by atoms with Crippen molar-refractivity contribution in [3.05, 3.63) is 29.4 Å². The lowest BCUT2D eigenvalue weighted by Gasteiger charge is -2.55. The number of aromatic nitrogens is 2. The van der Waals surface area contributed by atoms with Gasteiger partial charge in [0.25, 0.3) is 0 Å². The summed E-state index contributed by atoms with van der Waals surface area (Å²) >= 11 is 0. The molecule has 3 aliphatic heterocycles. The highest BCUT2D eigenvalue weighted by Gasteiger charge is 2.68. The van der Waals surface area contributed by atoms with Crippen LogP contribution in [-0.2, 0) is 9.59 Å². The second-order valence-electron chi connectivity index (χ2n) is 16.5. The number of halogens is 1. The van der Waals surface area contributed by atoms with E-state index in [2.05, 4.69) is 45.6 Å². The van der Waals surface area contributed by atoms with Gasteiger partial charge in [0.05, 0.1) is 6.54 Å². The number of hydrogen-bond donors (Lipinski definition) is 1. The third-order valence-corrected chi connectivity index (χ3v) is 13.9. The van der Waals surface area contributed by atoms with Gasteiger partial charge in [-0.1, -0.05) is 32.4 Å². The predicted octanol–water partition coefficient (Wildman–Crippen LogP) is 4.75. The second kappa shape index (κ2) is 11.9. The van der Waals surface area contributed by atoms with Crippen molar-refractivity contribution in [3.63, 3.8) is 0 Å². The van der Waals surface area contributed by atoms with Crippen LogP contribution in [-0.4, -0.2) is 102 Å². The zero-order valence-electron chi connectivity index (χ0n) is 29.1. The maximum atomic E-state index is 15.8. The monoisotopic (exact) mass is 660 g/mol. The van der Waals surface area contributed by atoms with Crippen LogP contribution < -0.4 is 14.7 Å². The van der Waals surface area contributed by atoms with E-state index in [1.165, 1.54) is 31.3 Å². The molecule has 4 aliphatic carbocycles. The Balaban J connectivity index is 0.975. The molecule has 0 radical (unpaired) electrons. The van der Waals surface area contributed by atoms with E-state index < -0.39 is 22.6 Å². The van der Waals surface area contributed by atoms with Gasteiger partial charge in [0.1, 0.15) is 23.4 Å². The quantitative estimate of drug-likeness (QED) is 0.435. The fourth-order valence-corrected chi connectivity index (χ4v) is 11.0. The number of rotatable bonds is 6. The molecule has 0 aromatic carbocycles. The van der Waals surface area contributed by atoms with Crippen molar-refractivity contribution in [1.82, 2.24) is 14.9 Å². The molecule has 0 amide bonds. The summed E-state index contributed by atoms with van der Waals surface area (Å²) in [4.78, 5) is 45.8. The third kappa shape index (κ3) is 4.97. The van der Waals surface area contributed by atoms with Crippen LogP contribution in [0.15, 0.2) is 29.4 Å². The van der Waals surface area contributed by atoms with Crippen molar-refractivity contribution in [2.45, 2.75) is 90.3 Å². The first-order valence-electron chi connectivity index (χ1n) is 18.7. The number of piperazine rings is 1. The van der Waals surface area contributed by atoms with Gasteiger partial charge in [-0.2, -0.15) is 9.97 Å². The van der Waals surface area contributed by atoms with E-state index in [0.29, 0.717) is 37.7 Å². The van der Waals surface area contributed by atoms with Crippen LogP contribution in [0.5, 0.6) is 0 Å². The Kier molecular flexibility index (Phi) is 8.02. The predicted molar refractivity (Wildman–Crippen MR) is 185 cm³/mol. The van der Waals surface area contributed by atoms with Gasteiger partial charge >= 0.3 is 0 Å². The van der Waals surface area contributed by atoms with Gasteiger partial charge in [-0.25, -0.2) is 4.39 Å². The van der Waals surface area contributed by atoms with E-state index in [1.54, 1.807) is 6.08 Å². The minimum absolute atomic E-state index is 0.0225. The van der Waals surface area contributed by atoms with Gasteiger partial charge in [0.15, 0.2) is 11.6 Å². The summed E-state index contributed by atoms with van der Waals surface area (Å²) in [5.41, 5.74) is -0.685. The molecule has 10 heteroatoms. The molecule has 9 nitrogen and oxygen atoms in total. The van der Waals surface area contributed by atoms with Crippen LogP contribution in [0.3, 0.4) is 0 Å². The molecule has 0 spiro atoms. The smallest absolute Gasteiger partial charge is 0.229 e. The fraction of sp³-hybridized carbons (Fsp3) is 0.737. The largest absolute Gasteiger partial charge is 0.381 e. The van der Waals surface area contributed by atoms with Crippen molar-refractivity contribution in [2.24, 2.45) is 28.6 Å². The molecule has 8 rings (SSSR count). The number of anilines is 3. The van der Waals surface area contributed by atoms with E-state index in [4.69, 9.17) is 9.97 Å². The normalized spacial score (nSPS) is 38.4. The fourth-order valence-electron chi connectivity index (χ4n) is 11.0. The Hall–Kier alpha value is -2.85. The molecular formula is C38H53FN6O3. The molecule has 3 saturated heterocycles. The highest BCUT2D eigenvalue weighted by Crippen LogP contribution is 2.67. The van der Waals surface area contributed by atoms with Gasteiger partial charge in [-0.15, -0.1) is 0 Å². The van der Waals surface area contributed by atoms with E-state index in [9.17, 15) is 14.7 Å². The number of aliphatic hydroxyl groups is 1. The third-order valence-electron chi connectivity index (χ3n) is 13.9. The number of nitrogens with zero attached hydrogens (tertiary/aromatic N) is 6. The SMILES string of the molecule is C[C@@H]1C[C@H]2[C@@H]3C[C@H](F)C4=CC(=O)CC[C@]4(C)C3=CC[C@]2(C)[C@@]1(O)C(=O)CN1CCN(c2cc(N3CCCC3)nc(N3CCCC3)n2)CC1. The number of fused-ring (bicyclic) bond motifs is 5. The lowest BCUT2D eigenvalue weighted by molar-refractivity contribution is -0.160. The van der Waals surface area contributed by atoms with Gasteiger partial charge in [-0.3, -0.25) is 14.5 Å². The number of carbonyl (C=O) groups is 2. The van der Waals surface area contributed by atoms with E-state index >= 15 is 4.39 Å². The van der Waals surface area contributed by atoms with E-state index in [1.807, 2.05) is 6.92 Å². The van der Waals surface area contributed by atoms with Gasteiger partial charge in [0.2, 0.25) is 5.95 Å². The molecule has 2 saturated carbocycles. The topological polar surface area (TPSA) is 93.1 Å². The Morgan fingerprint density at radius 3 is 2.21 bits per heavy atom. The molecule has 1 N–H and O–H groups in total. The summed E-state index contributed by atoms with van der Waals surface area (Å²) < 4.78 is 15.8. The molecule has 7 aliphatic rings. The maximum Gasteiger partial charge on any atom is 0.229 e. The summed E-state index contributed by atoms with van der Waals surface area (Å²) in [5, 5.41) is 12.5. The minimum atomic E-state index is -1.47. The van der Waals surface area contributed by atoms with Gasteiger partial charge in [0, 0.05) is 75.7 Å².